The number of anilines is 1. The molecule has 2 saturated heterocycles. The highest BCUT2D eigenvalue weighted by molar-refractivity contribution is 7.99. The highest BCUT2D eigenvalue weighted by atomic mass is 32.2. The summed E-state index contributed by atoms with van der Waals surface area (Å²) in [6.07, 6.45) is 1.74. The number of nitrogens with zero attached hydrogens (tertiary/aromatic N) is 5. The van der Waals surface area contributed by atoms with E-state index in [0.29, 0.717) is 30.0 Å². The molecular formula is C40H55N11O9S. The highest BCUT2D eigenvalue weighted by Crippen LogP contribution is 2.37. The highest BCUT2D eigenvalue weighted by Gasteiger charge is 2.54. The fourth-order valence-corrected chi connectivity index (χ4v) is 8.77. The van der Waals surface area contributed by atoms with E-state index >= 15 is 0 Å². The topological polar surface area (TPSA) is 299 Å². The van der Waals surface area contributed by atoms with Gasteiger partial charge in [-0.2, -0.15) is 0 Å². The molecular weight excluding hydrogens is 811 g/mol. The summed E-state index contributed by atoms with van der Waals surface area (Å²) in [4.78, 5) is 104. The Morgan fingerprint density at radius 3 is 2.30 bits per heavy atom. The van der Waals surface area contributed by atoms with Crippen molar-refractivity contribution in [3.8, 4) is 0 Å². The van der Waals surface area contributed by atoms with Crippen molar-refractivity contribution in [2.24, 2.45) is 22.2 Å². The summed E-state index contributed by atoms with van der Waals surface area (Å²) >= 11 is 1.25. The maximum absolute atomic E-state index is 14.4. The number of carbonyl (C=O) groups excluding carboxylic acids is 6. The van der Waals surface area contributed by atoms with Crippen LogP contribution in [0.3, 0.4) is 0 Å². The van der Waals surface area contributed by atoms with Crippen LogP contribution >= 0.6 is 11.8 Å². The first kappa shape index (κ1) is 46.3. The van der Waals surface area contributed by atoms with Crippen molar-refractivity contribution < 1.29 is 43.8 Å². The van der Waals surface area contributed by atoms with E-state index in [1.54, 1.807) is 29.2 Å². The second-order valence-corrected chi connectivity index (χ2v) is 16.3. The number of hydrogen-bond acceptors (Lipinski definition) is 12. The number of carboxylic acids is 1. The van der Waals surface area contributed by atoms with E-state index in [-0.39, 0.29) is 69.1 Å². The van der Waals surface area contributed by atoms with Gasteiger partial charge in [0.05, 0.1) is 25.0 Å². The van der Waals surface area contributed by atoms with Crippen LogP contribution in [0.4, 0.5) is 5.69 Å². The Labute approximate surface area is 357 Å². The molecule has 6 amide bonds. The second-order valence-electron chi connectivity index (χ2n) is 15.3. The summed E-state index contributed by atoms with van der Waals surface area (Å²) in [5.41, 5.74) is 17.0. The number of nitrogens with one attached hydrogen (secondary N) is 3. The predicted octanol–water partition coefficient (Wildman–Crippen LogP) is -2.24. The number of aliphatic imine (C=N–C) groups is 1. The molecule has 0 aromatic heterocycles. The quantitative estimate of drug-likeness (QED) is 0.0447. The van der Waals surface area contributed by atoms with Crippen LogP contribution in [0.1, 0.15) is 38.2 Å². The molecule has 2 aromatic carbocycles. The summed E-state index contributed by atoms with van der Waals surface area (Å²) in [5.74, 6) is -4.69. The monoisotopic (exact) mass is 865 g/mol. The lowest BCUT2D eigenvalue weighted by Crippen LogP contribution is -2.60. The van der Waals surface area contributed by atoms with Gasteiger partial charge < -0.3 is 53.2 Å². The zero-order valence-corrected chi connectivity index (χ0v) is 34.9. The van der Waals surface area contributed by atoms with Gasteiger partial charge in [-0.25, -0.2) is 0 Å². The molecule has 3 aliphatic rings. The van der Waals surface area contributed by atoms with E-state index in [0.717, 1.165) is 10.5 Å². The van der Waals surface area contributed by atoms with Crippen molar-refractivity contribution in [1.29, 1.82) is 0 Å². The average Bonchev–Trinajstić information content (AvgIpc) is 3.40. The molecule has 0 bridgehead atoms. The van der Waals surface area contributed by atoms with E-state index < -0.39 is 79.0 Å². The van der Waals surface area contributed by atoms with Crippen LogP contribution < -0.4 is 38.1 Å². The first-order chi connectivity index (χ1) is 29.1. The molecule has 3 aliphatic heterocycles. The molecule has 3 heterocycles. The van der Waals surface area contributed by atoms with Gasteiger partial charge in [-0.1, -0.05) is 42.5 Å². The molecule has 0 radical (unpaired) electrons. The van der Waals surface area contributed by atoms with Gasteiger partial charge in [0.25, 0.3) is 5.91 Å². The van der Waals surface area contributed by atoms with E-state index in [9.17, 15) is 43.8 Å². The number of fused-ring (bicyclic) bond motifs is 1. The average molecular weight is 866 g/mol. The minimum atomic E-state index is -1.49. The summed E-state index contributed by atoms with van der Waals surface area (Å²) < 4.78 is 0. The lowest BCUT2D eigenvalue weighted by Gasteiger charge is -2.43. The van der Waals surface area contributed by atoms with Gasteiger partial charge in [0.15, 0.2) is 5.96 Å². The number of piperidine rings is 1. The fourth-order valence-electron chi connectivity index (χ4n) is 7.70. The molecule has 61 heavy (non-hydrogen) atoms. The van der Waals surface area contributed by atoms with Crippen molar-refractivity contribution in [2.45, 2.75) is 73.6 Å². The third kappa shape index (κ3) is 11.7. The van der Waals surface area contributed by atoms with Crippen LogP contribution in [0.15, 0.2) is 64.5 Å². The van der Waals surface area contributed by atoms with E-state index in [1.807, 2.05) is 35.2 Å². The third-order valence-electron chi connectivity index (χ3n) is 10.9. The van der Waals surface area contributed by atoms with Crippen LogP contribution in [0, 0.1) is 0 Å². The number of aliphatic carboxylic acids is 1. The predicted molar refractivity (Wildman–Crippen MR) is 226 cm³/mol. The van der Waals surface area contributed by atoms with Crippen LogP contribution in [0.5, 0.6) is 0 Å². The van der Waals surface area contributed by atoms with Crippen molar-refractivity contribution in [3.63, 3.8) is 0 Å². The number of carboxylic acid groups (broad SMARTS) is 1. The van der Waals surface area contributed by atoms with Gasteiger partial charge in [-0.3, -0.25) is 48.4 Å². The van der Waals surface area contributed by atoms with E-state index in [1.165, 1.54) is 23.6 Å². The fraction of sp³-hybridized carbons (Fsp3) is 0.500. The summed E-state index contributed by atoms with van der Waals surface area (Å²) in [6, 6.07) is 12.0. The molecule has 330 valence electrons. The summed E-state index contributed by atoms with van der Waals surface area (Å²) in [6.45, 7) is 0.760. The number of aliphatic hydroxyl groups is 1. The molecule has 0 unspecified atom stereocenters. The number of para-hydroxylation sites is 1. The molecule has 2 aromatic rings. The number of rotatable bonds is 18. The first-order valence-corrected chi connectivity index (χ1v) is 21.1. The molecule has 2 fully saturated rings. The Morgan fingerprint density at radius 2 is 1.64 bits per heavy atom. The van der Waals surface area contributed by atoms with Crippen molar-refractivity contribution in [1.82, 2.24) is 30.7 Å². The van der Waals surface area contributed by atoms with Crippen LogP contribution in [-0.4, -0.2) is 160 Å². The van der Waals surface area contributed by atoms with Gasteiger partial charge in [0.1, 0.15) is 36.8 Å². The first-order valence-electron chi connectivity index (χ1n) is 20.1. The minimum absolute atomic E-state index is 0.0671. The van der Waals surface area contributed by atoms with E-state index in [4.69, 9.17) is 17.2 Å². The molecule has 5 rings (SSSR count). The zero-order valence-electron chi connectivity index (χ0n) is 34.0. The lowest BCUT2D eigenvalue weighted by molar-refractivity contribution is -0.144. The van der Waals surface area contributed by atoms with Crippen molar-refractivity contribution in [3.05, 3.63) is 60.2 Å². The molecule has 0 saturated carbocycles. The Balaban J connectivity index is 1.25. The Bertz CT molecular complexity index is 1960. The van der Waals surface area contributed by atoms with Crippen LogP contribution in [0.25, 0.3) is 0 Å². The largest absolute Gasteiger partial charge is 0.480 e. The number of benzene rings is 2. The van der Waals surface area contributed by atoms with Gasteiger partial charge in [0.2, 0.25) is 29.5 Å². The number of amides is 6. The number of hydrogen-bond donors (Lipinski definition) is 8. The summed E-state index contributed by atoms with van der Waals surface area (Å²) in [5, 5.41) is 27.5. The smallest absolute Gasteiger partial charge is 0.323 e. The molecule has 4 atom stereocenters. The molecule has 0 aliphatic carbocycles. The number of nitrogens with two attached hydrogens (primary N) is 3. The third-order valence-corrected chi connectivity index (χ3v) is 12.1. The zero-order chi connectivity index (χ0) is 44.3. The van der Waals surface area contributed by atoms with Crippen molar-refractivity contribution in [2.75, 3.05) is 63.2 Å². The Morgan fingerprint density at radius 1 is 0.951 bits per heavy atom. The normalized spacial score (nSPS) is 19.0. The van der Waals surface area contributed by atoms with Gasteiger partial charge in [0, 0.05) is 36.8 Å². The maximum atomic E-state index is 14.4. The molecule has 1 spiro atoms. The molecule has 11 N–H and O–H groups in total. The lowest BCUT2D eigenvalue weighted by atomic mass is 9.85. The summed E-state index contributed by atoms with van der Waals surface area (Å²) in [7, 11) is 0. The van der Waals surface area contributed by atoms with Gasteiger partial charge in [-0.15, -0.1) is 11.8 Å². The van der Waals surface area contributed by atoms with Crippen molar-refractivity contribution >= 4 is 64.8 Å². The number of aliphatic hydroxyl groups excluding tert-OH is 1. The minimum Gasteiger partial charge on any atom is -0.480 e. The number of likely N-dealkylation sites (tertiary alicyclic amines) is 1. The SMILES string of the molecule is C[C@H](N)C(=O)N[C@@H](CCCN=C(N)N)C(=O)N1CCC2(CC1)C(=O)N(CC(=O)N[C@@H](CO)C(=O)N[C@@H]1CSc3ccccc3N(CC(=O)O)C1=O)CN2CCc1ccccc1. The Hall–Kier alpha value is -5.77. The van der Waals surface area contributed by atoms with Crippen LogP contribution in [-0.2, 0) is 40.0 Å². The standard InChI is InChI=1S/C40H55N11O9S/c1-25(41)34(56)46-27(10-7-16-44-39(42)43)36(58)48-18-14-40(15-19-48)38(60)49(24-50(40)17-13-26-8-3-2-4-9-26)20-32(53)45-28(22-52)35(57)47-29-23-61-31-12-6-5-11-30(31)51(37(29)59)21-33(54)55/h2-6,8-9,11-12,25,27-29,52H,7,10,13-24,41H2,1H3,(H,45,53)(H,46,56)(H,47,57)(H,54,55)(H4,42,43,44)/t25-,27-,28-,29+/m0/s1. The van der Waals surface area contributed by atoms with Gasteiger partial charge >= 0.3 is 5.97 Å². The van der Waals surface area contributed by atoms with Gasteiger partial charge in [-0.05, 0) is 56.7 Å². The second kappa shape index (κ2) is 21.2. The maximum Gasteiger partial charge on any atom is 0.323 e. The Kier molecular flexibility index (Phi) is 16.1. The van der Waals surface area contributed by atoms with Crippen LogP contribution in [0.2, 0.25) is 0 Å². The molecule has 21 heteroatoms. The molecule has 20 nitrogen and oxygen atoms in total. The number of carbonyl (C=O) groups is 7. The van der Waals surface area contributed by atoms with E-state index in [2.05, 4.69) is 20.9 Å². The number of thioether (sulfide) groups is 1. The number of guanidine groups is 1.